The molecular weight excluding hydrogens is 220 g/mol. The number of likely N-dealkylation sites (tertiary alicyclic amines) is 1. The van der Waals surface area contributed by atoms with Crippen molar-refractivity contribution in [2.75, 3.05) is 26.2 Å². The zero-order chi connectivity index (χ0) is 12.6. The van der Waals surface area contributed by atoms with Gasteiger partial charge in [0, 0.05) is 19.6 Å². The van der Waals surface area contributed by atoms with Crippen LogP contribution in [-0.4, -0.2) is 48.1 Å². The van der Waals surface area contributed by atoms with Crippen molar-refractivity contribution in [2.24, 2.45) is 17.3 Å². The molecule has 2 aliphatic heterocycles. The van der Waals surface area contributed by atoms with Gasteiger partial charge in [-0.25, -0.2) is 0 Å². The van der Waals surface area contributed by atoms with Crippen molar-refractivity contribution in [2.45, 2.75) is 20.3 Å². The highest BCUT2D eigenvalue weighted by Crippen LogP contribution is 2.31. The van der Waals surface area contributed by atoms with E-state index < -0.39 is 11.9 Å². The normalized spacial score (nSPS) is 37.4. The van der Waals surface area contributed by atoms with E-state index >= 15 is 0 Å². The molecule has 96 valence electrons. The summed E-state index contributed by atoms with van der Waals surface area (Å²) in [6, 6.07) is 0. The van der Waals surface area contributed by atoms with Gasteiger partial charge in [-0.05, 0) is 25.8 Å². The maximum absolute atomic E-state index is 12.4. The molecule has 0 saturated carbocycles. The SMILES string of the molecule is C[C@@H]1CN(C(=O)C2(C)CCNC2)C[C@H]1C(=O)O. The molecule has 0 spiro atoms. The molecule has 1 amide bonds. The highest BCUT2D eigenvalue weighted by molar-refractivity contribution is 5.84. The predicted molar refractivity (Wildman–Crippen MR) is 62.5 cm³/mol. The van der Waals surface area contributed by atoms with E-state index in [0.29, 0.717) is 19.6 Å². The number of nitrogens with one attached hydrogen (secondary N) is 1. The molecule has 2 saturated heterocycles. The molecule has 2 fully saturated rings. The van der Waals surface area contributed by atoms with E-state index in [-0.39, 0.29) is 17.2 Å². The van der Waals surface area contributed by atoms with Gasteiger partial charge in [-0.15, -0.1) is 0 Å². The van der Waals surface area contributed by atoms with Crippen LogP contribution in [0.3, 0.4) is 0 Å². The Kier molecular flexibility index (Phi) is 3.12. The fourth-order valence-corrected chi connectivity index (χ4v) is 2.84. The van der Waals surface area contributed by atoms with E-state index in [1.807, 2.05) is 13.8 Å². The fourth-order valence-electron chi connectivity index (χ4n) is 2.84. The van der Waals surface area contributed by atoms with E-state index in [2.05, 4.69) is 5.32 Å². The van der Waals surface area contributed by atoms with Gasteiger partial charge in [-0.3, -0.25) is 9.59 Å². The molecule has 0 aliphatic carbocycles. The lowest BCUT2D eigenvalue weighted by Gasteiger charge is -2.28. The summed E-state index contributed by atoms with van der Waals surface area (Å²) in [5, 5.41) is 12.3. The van der Waals surface area contributed by atoms with E-state index in [4.69, 9.17) is 5.11 Å². The molecular formula is C12H20N2O3. The van der Waals surface area contributed by atoms with Crippen LogP contribution in [0.4, 0.5) is 0 Å². The topological polar surface area (TPSA) is 69.6 Å². The molecule has 0 radical (unpaired) electrons. The second-order valence-corrected chi connectivity index (χ2v) is 5.62. The second kappa shape index (κ2) is 4.29. The molecule has 5 nitrogen and oxygen atoms in total. The van der Waals surface area contributed by atoms with Gasteiger partial charge >= 0.3 is 5.97 Å². The van der Waals surface area contributed by atoms with Crippen LogP contribution >= 0.6 is 0 Å². The maximum Gasteiger partial charge on any atom is 0.308 e. The van der Waals surface area contributed by atoms with Crippen LogP contribution in [-0.2, 0) is 9.59 Å². The van der Waals surface area contributed by atoms with Crippen molar-refractivity contribution in [1.29, 1.82) is 0 Å². The number of carboxylic acid groups (broad SMARTS) is 1. The number of carbonyl (C=O) groups excluding carboxylic acids is 1. The lowest BCUT2D eigenvalue weighted by atomic mass is 9.88. The molecule has 0 bridgehead atoms. The Balaban J connectivity index is 2.05. The van der Waals surface area contributed by atoms with Gasteiger partial charge < -0.3 is 15.3 Å². The molecule has 5 heteroatoms. The molecule has 0 aromatic rings. The number of hydrogen-bond donors (Lipinski definition) is 2. The first-order valence-corrected chi connectivity index (χ1v) is 6.17. The number of carboxylic acids is 1. The van der Waals surface area contributed by atoms with Gasteiger partial charge in [0.25, 0.3) is 0 Å². The highest BCUT2D eigenvalue weighted by atomic mass is 16.4. The zero-order valence-electron chi connectivity index (χ0n) is 10.4. The number of aliphatic carboxylic acids is 1. The summed E-state index contributed by atoms with van der Waals surface area (Å²) >= 11 is 0. The van der Waals surface area contributed by atoms with Gasteiger partial charge in [0.2, 0.25) is 5.91 Å². The van der Waals surface area contributed by atoms with Crippen LogP contribution in [0.5, 0.6) is 0 Å². The summed E-state index contributed by atoms with van der Waals surface area (Å²) in [6.07, 6.45) is 0.842. The van der Waals surface area contributed by atoms with Crippen molar-refractivity contribution < 1.29 is 14.7 Å². The van der Waals surface area contributed by atoms with Crippen molar-refractivity contribution >= 4 is 11.9 Å². The summed E-state index contributed by atoms with van der Waals surface area (Å²) < 4.78 is 0. The number of nitrogens with zero attached hydrogens (tertiary/aromatic N) is 1. The van der Waals surface area contributed by atoms with E-state index in [1.165, 1.54) is 0 Å². The smallest absolute Gasteiger partial charge is 0.308 e. The number of rotatable bonds is 2. The monoisotopic (exact) mass is 240 g/mol. The van der Waals surface area contributed by atoms with Gasteiger partial charge in [0.15, 0.2) is 0 Å². The minimum Gasteiger partial charge on any atom is -0.481 e. The molecule has 2 aliphatic rings. The van der Waals surface area contributed by atoms with E-state index in [9.17, 15) is 9.59 Å². The lowest BCUT2D eigenvalue weighted by Crippen LogP contribution is -2.42. The third kappa shape index (κ3) is 2.16. The first kappa shape index (κ1) is 12.4. The van der Waals surface area contributed by atoms with Crippen LogP contribution in [0.25, 0.3) is 0 Å². The van der Waals surface area contributed by atoms with Crippen LogP contribution < -0.4 is 5.32 Å². The van der Waals surface area contributed by atoms with Crippen LogP contribution in [0.1, 0.15) is 20.3 Å². The third-order valence-electron chi connectivity index (χ3n) is 4.10. The Morgan fingerprint density at radius 2 is 2.12 bits per heavy atom. The molecule has 0 aromatic heterocycles. The molecule has 2 heterocycles. The summed E-state index contributed by atoms with van der Waals surface area (Å²) in [5.41, 5.74) is -0.340. The fraction of sp³-hybridized carbons (Fsp3) is 0.833. The molecule has 17 heavy (non-hydrogen) atoms. The molecule has 2 N–H and O–H groups in total. The maximum atomic E-state index is 12.4. The minimum atomic E-state index is -0.789. The van der Waals surface area contributed by atoms with Crippen LogP contribution in [0, 0.1) is 17.3 Å². The van der Waals surface area contributed by atoms with E-state index in [0.717, 1.165) is 13.0 Å². The molecule has 1 unspecified atom stereocenters. The van der Waals surface area contributed by atoms with Gasteiger partial charge in [-0.2, -0.15) is 0 Å². The van der Waals surface area contributed by atoms with Gasteiger partial charge in [0.1, 0.15) is 0 Å². The minimum absolute atomic E-state index is 0.0504. The van der Waals surface area contributed by atoms with Crippen molar-refractivity contribution in [3.63, 3.8) is 0 Å². The van der Waals surface area contributed by atoms with Gasteiger partial charge in [-0.1, -0.05) is 6.92 Å². The Morgan fingerprint density at radius 3 is 2.59 bits per heavy atom. The Morgan fingerprint density at radius 1 is 1.41 bits per heavy atom. The second-order valence-electron chi connectivity index (χ2n) is 5.62. The number of carbonyl (C=O) groups is 2. The van der Waals surface area contributed by atoms with Crippen molar-refractivity contribution in [3.8, 4) is 0 Å². The lowest BCUT2D eigenvalue weighted by molar-refractivity contribution is -0.143. The zero-order valence-corrected chi connectivity index (χ0v) is 10.4. The highest BCUT2D eigenvalue weighted by Gasteiger charge is 2.44. The summed E-state index contributed by atoms with van der Waals surface area (Å²) in [5.74, 6) is -1.04. The average molecular weight is 240 g/mol. The van der Waals surface area contributed by atoms with Crippen LogP contribution in [0.15, 0.2) is 0 Å². The van der Waals surface area contributed by atoms with Gasteiger partial charge in [0.05, 0.1) is 11.3 Å². The average Bonchev–Trinajstić information content (AvgIpc) is 2.84. The summed E-state index contributed by atoms with van der Waals surface area (Å²) in [7, 11) is 0. The first-order valence-electron chi connectivity index (χ1n) is 6.17. The summed E-state index contributed by atoms with van der Waals surface area (Å²) in [6.45, 7) is 6.38. The van der Waals surface area contributed by atoms with Crippen molar-refractivity contribution in [1.82, 2.24) is 10.2 Å². The Labute approximate surface area is 101 Å². The Hall–Kier alpha value is -1.10. The Bertz CT molecular complexity index is 337. The standard InChI is InChI=1S/C12H20N2O3/c1-8-5-14(6-9(8)10(15)16)11(17)12(2)3-4-13-7-12/h8-9,13H,3-7H2,1-2H3,(H,15,16)/t8-,9-,12?/m1/s1. The van der Waals surface area contributed by atoms with Crippen molar-refractivity contribution in [3.05, 3.63) is 0 Å². The predicted octanol–water partition coefficient (Wildman–Crippen LogP) is 0.165. The third-order valence-corrected chi connectivity index (χ3v) is 4.10. The summed E-state index contributed by atoms with van der Waals surface area (Å²) in [4.78, 5) is 25.1. The molecule has 2 rings (SSSR count). The van der Waals surface area contributed by atoms with Crippen LogP contribution in [0.2, 0.25) is 0 Å². The first-order chi connectivity index (χ1) is 7.94. The number of amides is 1. The molecule has 3 atom stereocenters. The molecule has 0 aromatic carbocycles. The number of hydrogen-bond acceptors (Lipinski definition) is 3. The largest absolute Gasteiger partial charge is 0.481 e. The quantitative estimate of drug-likeness (QED) is 0.721. The van der Waals surface area contributed by atoms with E-state index in [1.54, 1.807) is 4.90 Å².